The van der Waals surface area contributed by atoms with Gasteiger partial charge in [0.15, 0.2) is 0 Å². The number of ether oxygens (including phenoxy) is 1. The van der Waals surface area contributed by atoms with Crippen molar-refractivity contribution in [3.63, 3.8) is 0 Å². The Morgan fingerprint density at radius 3 is 2.83 bits per heavy atom. The summed E-state index contributed by atoms with van der Waals surface area (Å²) < 4.78 is 4.87. The quantitative estimate of drug-likeness (QED) is 0.477. The van der Waals surface area contributed by atoms with Gasteiger partial charge in [-0.25, -0.2) is 0 Å². The first-order chi connectivity index (χ1) is 5.59. The van der Waals surface area contributed by atoms with E-state index in [1.807, 2.05) is 0 Å². The number of carbonyl (C=O) groups is 1. The molecule has 68 valence electrons. The largest absolute Gasteiger partial charge is 0.465 e. The summed E-state index contributed by atoms with van der Waals surface area (Å²) in [7, 11) is 0. The zero-order valence-corrected chi connectivity index (χ0v) is 7.80. The minimum absolute atomic E-state index is 0.0587. The van der Waals surface area contributed by atoms with Gasteiger partial charge in [-0.3, -0.25) is 4.79 Å². The van der Waals surface area contributed by atoms with Crippen molar-refractivity contribution >= 4 is 5.97 Å². The number of cyclic esters (lactones) is 1. The Balaban J connectivity index is 2.32. The van der Waals surface area contributed by atoms with E-state index in [0.29, 0.717) is 24.9 Å². The van der Waals surface area contributed by atoms with Crippen molar-refractivity contribution in [2.75, 3.05) is 6.61 Å². The fourth-order valence-corrected chi connectivity index (χ4v) is 1.30. The van der Waals surface area contributed by atoms with Crippen molar-refractivity contribution in [1.82, 2.24) is 0 Å². The molecule has 1 heterocycles. The van der Waals surface area contributed by atoms with Gasteiger partial charge in [-0.1, -0.05) is 26.0 Å². The summed E-state index contributed by atoms with van der Waals surface area (Å²) in [5.41, 5.74) is 1.22. The smallest absolute Gasteiger partial charge is 0.306 e. The summed E-state index contributed by atoms with van der Waals surface area (Å²) in [5, 5.41) is 0. The van der Waals surface area contributed by atoms with Gasteiger partial charge in [0.2, 0.25) is 0 Å². The van der Waals surface area contributed by atoms with Gasteiger partial charge in [0.25, 0.3) is 0 Å². The molecule has 1 atom stereocenters. The van der Waals surface area contributed by atoms with E-state index in [2.05, 4.69) is 20.4 Å². The van der Waals surface area contributed by atoms with Gasteiger partial charge < -0.3 is 4.74 Å². The number of hydrogen-bond donors (Lipinski definition) is 0. The zero-order chi connectivity index (χ0) is 9.14. The number of carbonyl (C=O) groups excluding carboxylic acids is 1. The maximum Gasteiger partial charge on any atom is 0.306 e. The molecule has 0 aliphatic carbocycles. The average molecular weight is 168 g/mol. The number of hydrogen-bond acceptors (Lipinski definition) is 2. The highest BCUT2D eigenvalue weighted by molar-refractivity contribution is 5.71. The van der Waals surface area contributed by atoms with E-state index in [4.69, 9.17) is 4.74 Å². The molecule has 1 aliphatic rings. The first kappa shape index (κ1) is 9.30. The van der Waals surface area contributed by atoms with E-state index in [1.165, 1.54) is 5.57 Å². The number of esters is 1. The lowest BCUT2D eigenvalue weighted by Gasteiger charge is -2.11. The molecule has 0 bridgehead atoms. The molecule has 0 aromatic rings. The Hall–Kier alpha value is -0.790. The molecule has 0 spiro atoms. The van der Waals surface area contributed by atoms with Crippen LogP contribution in [0.5, 0.6) is 0 Å². The third-order valence-corrected chi connectivity index (χ3v) is 2.30. The molecule has 1 fully saturated rings. The van der Waals surface area contributed by atoms with Crippen LogP contribution in [0.4, 0.5) is 0 Å². The van der Waals surface area contributed by atoms with Gasteiger partial charge in [-0.05, 0) is 12.3 Å². The molecule has 2 nitrogen and oxygen atoms in total. The second-order valence-electron chi connectivity index (χ2n) is 3.77. The van der Waals surface area contributed by atoms with Gasteiger partial charge in [-0.15, -0.1) is 0 Å². The second kappa shape index (κ2) is 3.74. The molecule has 1 rings (SSSR count). The van der Waals surface area contributed by atoms with Crippen LogP contribution < -0.4 is 0 Å². The molecule has 0 aromatic heterocycles. The minimum Gasteiger partial charge on any atom is -0.465 e. The molecular formula is C10H16O2. The van der Waals surface area contributed by atoms with E-state index >= 15 is 0 Å². The van der Waals surface area contributed by atoms with Crippen LogP contribution in [0.15, 0.2) is 12.2 Å². The van der Waals surface area contributed by atoms with Crippen LogP contribution in [0.2, 0.25) is 0 Å². The van der Waals surface area contributed by atoms with Gasteiger partial charge in [-0.2, -0.15) is 0 Å². The molecule has 0 amide bonds. The molecule has 1 saturated heterocycles. The summed E-state index contributed by atoms with van der Waals surface area (Å²) >= 11 is 0. The summed E-state index contributed by atoms with van der Waals surface area (Å²) in [6.45, 7) is 8.81. The average Bonchev–Trinajstić information content (AvgIpc) is 2.35. The van der Waals surface area contributed by atoms with E-state index in [1.54, 1.807) is 0 Å². The van der Waals surface area contributed by atoms with Gasteiger partial charge in [0.05, 0.1) is 13.0 Å². The molecule has 0 aromatic carbocycles. The third kappa shape index (κ3) is 2.36. The fraction of sp³-hybridized carbons (Fsp3) is 0.700. The Labute approximate surface area is 73.6 Å². The first-order valence-electron chi connectivity index (χ1n) is 4.43. The topological polar surface area (TPSA) is 26.3 Å². The Morgan fingerprint density at radius 1 is 1.75 bits per heavy atom. The highest BCUT2D eigenvalue weighted by atomic mass is 16.5. The summed E-state index contributed by atoms with van der Waals surface area (Å²) in [6, 6.07) is 0. The van der Waals surface area contributed by atoms with Crippen molar-refractivity contribution in [3.05, 3.63) is 12.2 Å². The number of allylic oxidation sites excluding steroid dienone is 1. The Kier molecular flexibility index (Phi) is 2.90. The summed E-state index contributed by atoms with van der Waals surface area (Å²) in [4.78, 5) is 10.8. The minimum atomic E-state index is -0.0587. The van der Waals surface area contributed by atoms with Crippen LogP contribution in [-0.2, 0) is 9.53 Å². The van der Waals surface area contributed by atoms with Crippen LogP contribution in [0.3, 0.4) is 0 Å². The second-order valence-corrected chi connectivity index (χ2v) is 3.77. The normalized spacial score (nSPS) is 22.9. The van der Waals surface area contributed by atoms with Crippen molar-refractivity contribution < 1.29 is 9.53 Å². The van der Waals surface area contributed by atoms with E-state index in [0.717, 1.165) is 6.42 Å². The lowest BCUT2D eigenvalue weighted by Crippen LogP contribution is -2.03. The van der Waals surface area contributed by atoms with Crippen LogP contribution in [0.1, 0.15) is 26.7 Å². The third-order valence-electron chi connectivity index (χ3n) is 2.30. The fourth-order valence-electron chi connectivity index (χ4n) is 1.30. The van der Waals surface area contributed by atoms with Gasteiger partial charge >= 0.3 is 5.97 Å². The predicted octanol–water partition coefficient (Wildman–Crippen LogP) is 2.15. The van der Waals surface area contributed by atoms with Crippen molar-refractivity contribution in [2.45, 2.75) is 26.7 Å². The molecule has 12 heavy (non-hydrogen) atoms. The highest BCUT2D eigenvalue weighted by Crippen LogP contribution is 2.24. The maximum absolute atomic E-state index is 10.8. The molecule has 0 saturated carbocycles. The van der Waals surface area contributed by atoms with Crippen molar-refractivity contribution in [3.8, 4) is 0 Å². The Bertz CT molecular complexity index is 194. The van der Waals surface area contributed by atoms with Crippen molar-refractivity contribution in [1.29, 1.82) is 0 Å². The monoisotopic (exact) mass is 168 g/mol. The lowest BCUT2D eigenvalue weighted by molar-refractivity contribution is -0.137. The van der Waals surface area contributed by atoms with Crippen LogP contribution in [-0.4, -0.2) is 12.6 Å². The van der Waals surface area contributed by atoms with E-state index < -0.39 is 0 Å². The SMILES string of the molecule is C=C(CC1COC(=O)C1)C(C)C. The lowest BCUT2D eigenvalue weighted by atomic mass is 9.93. The van der Waals surface area contributed by atoms with Gasteiger partial charge in [0, 0.05) is 5.92 Å². The van der Waals surface area contributed by atoms with E-state index in [-0.39, 0.29) is 5.97 Å². The van der Waals surface area contributed by atoms with E-state index in [9.17, 15) is 4.79 Å². The molecule has 0 radical (unpaired) electrons. The van der Waals surface area contributed by atoms with Crippen LogP contribution in [0, 0.1) is 11.8 Å². The maximum atomic E-state index is 10.8. The van der Waals surface area contributed by atoms with Crippen LogP contribution >= 0.6 is 0 Å². The van der Waals surface area contributed by atoms with Gasteiger partial charge in [0.1, 0.15) is 0 Å². The first-order valence-corrected chi connectivity index (χ1v) is 4.43. The van der Waals surface area contributed by atoms with Crippen LogP contribution in [0.25, 0.3) is 0 Å². The molecular weight excluding hydrogens is 152 g/mol. The molecule has 0 N–H and O–H groups in total. The summed E-state index contributed by atoms with van der Waals surface area (Å²) in [6.07, 6.45) is 1.51. The summed E-state index contributed by atoms with van der Waals surface area (Å²) in [5.74, 6) is 0.838. The Morgan fingerprint density at radius 2 is 2.42 bits per heavy atom. The standard InChI is InChI=1S/C10H16O2/c1-7(2)8(3)4-9-5-10(11)12-6-9/h7,9H,3-6H2,1-2H3. The number of rotatable bonds is 3. The van der Waals surface area contributed by atoms with Crippen molar-refractivity contribution in [2.24, 2.45) is 11.8 Å². The predicted molar refractivity (Wildman–Crippen MR) is 47.7 cm³/mol. The highest BCUT2D eigenvalue weighted by Gasteiger charge is 2.24. The molecule has 1 unspecified atom stereocenters. The zero-order valence-electron chi connectivity index (χ0n) is 7.80. The molecule has 1 aliphatic heterocycles. The molecule has 2 heteroatoms.